The third-order valence-electron chi connectivity index (χ3n) is 6.71. The first-order valence-corrected chi connectivity index (χ1v) is 11.0. The van der Waals surface area contributed by atoms with Crippen LogP contribution < -0.4 is 4.90 Å². The molecule has 34 heavy (non-hydrogen) atoms. The SMILES string of the molecule is Oc1ccc(F)cc1CN1C2CC1CN(c1ccc(-c3nc(C(F)F)nc4[nH]ccc34)cn1)C2. The van der Waals surface area contributed by atoms with Crippen molar-refractivity contribution in [2.75, 3.05) is 18.0 Å². The first kappa shape index (κ1) is 20.9. The number of pyridine rings is 1. The van der Waals surface area contributed by atoms with E-state index < -0.39 is 12.2 Å². The van der Waals surface area contributed by atoms with Gasteiger partial charge in [0.05, 0.1) is 5.69 Å². The van der Waals surface area contributed by atoms with Gasteiger partial charge in [-0.1, -0.05) is 0 Å². The van der Waals surface area contributed by atoms with Gasteiger partial charge in [0.2, 0.25) is 0 Å². The number of aromatic nitrogens is 4. The van der Waals surface area contributed by atoms with Crippen LogP contribution in [0.3, 0.4) is 0 Å². The van der Waals surface area contributed by atoms with Gasteiger partial charge in [0.25, 0.3) is 6.43 Å². The normalized spacial score (nSPS) is 20.2. The molecule has 7 rings (SSSR count). The lowest BCUT2D eigenvalue weighted by atomic mass is 9.86. The Bertz CT molecular complexity index is 1350. The minimum Gasteiger partial charge on any atom is -0.508 e. The number of alkyl halides is 2. The maximum atomic E-state index is 13.6. The molecule has 3 aliphatic heterocycles. The van der Waals surface area contributed by atoms with Crippen molar-refractivity contribution in [3.63, 3.8) is 0 Å². The van der Waals surface area contributed by atoms with Crippen molar-refractivity contribution in [2.24, 2.45) is 0 Å². The zero-order chi connectivity index (χ0) is 23.4. The van der Waals surface area contributed by atoms with E-state index in [1.165, 1.54) is 18.2 Å². The highest BCUT2D eigenvalue weighted by molar-refractivity contribution is 5.90. The van der Waals surface area contributed by atoms with E-state index in [9.17, 15) is 18.3 Å². The van der Waals surface area contributed by atoms with Gasteiger partial charge in [-0.05, 0) is 42.8 Å². The fourth-order valence-corrected chi connectivity index (χ4v) is 5.00. The fraction of sp³-hybridized carbons (Fsp3) is 0.292. The predicted octanol–water partition coefficient (Wildman–Crippen LogP) is 4.27. The second-order valence-corrected chi connectivity index (χ2v) is 8.77. The van der Waals surface area contributed by atoms with Gasteiger partial charge in [-0.3, -0.25) is 4.90 Å². The Morgan fingerprint density at radius 1 is 1.09 bits per heavy atom. The van der Waals surface area contributed by atoms with E-state index in [2.05, 4.69) is 29.7 Å². The van der Waals surface area contributed by atoms with E-state index in [4.69, 9.17) is 0 Å². The van der Waals surface area contributed by atoms with Crippen LogP contribution in [0.5, 0.6) is 5.75 Å². The summed E-state index contributed by atoms with van der Waals surface area (Å²) in [4.78, 5) is 19.9. The zero-order valence-corrected chi connectivity index (χ0v) is 18.0. The number of nitrogens with zero attached hydrogens (tertiary/aromatic N) is 5. The maximum Gasteiger partial charge on any atom is 0.297 e. The van der Waals surface area contributed by atoms with Gasteiger partial charge in [0, 0.05) is 60.6 Å². The van der Waals surface area contributed by atoms with Gasteiger partial charge in [0.1, 0.15) is 23.0 Å². The number of fused-ring (bicyclic) bond motifs is 3. The Kier molecular flexibility index (Phi) is 4.91. The quantitative estimate of drug-likeness (QED) is 0.457. The van der Waals surface area contributed by atoms with Crippen molar-refractivity contribution < 1.29 is 18.3 Å². The molecule has 0 amide bonds. The highest BCUT2D eigenvalue weighted by Crippen LogP contribution is 2.37. The summed E-state index contributed by atoms with van der Waals surface area (Å²) in [6.45, 7) is 2.04. The summed E-state index contributed by atoms with van der Waals surface area (Å²) < 4.78 is 40.1. The molecule has 3 aliphatic rings. The standard InChI is InChI=1S/C24H21F3N6O/c25-15-2-3-19(34)14(7-15)10-33-16-8-17(33)12-32(11-16)20-4-1-13(9-29-20)21-18-5-6-28-23(18)31-24(30-21)22(26)27/h1-7,9,16-17,22,34H,8,10-12H2,(H,28,30,31). The Labute approximate surface area is 192 Å². The second kappa shape index (κ2) is 7.98. The van der Waals surface area contributed by atoms with Crippen LogP contribution in [-0.4, -0.2) is 55.1 Å². The number of benzene rings is 1. The van der Waals surface area contributed by atoms with Gasteiger partial charge in [0.15, 0.2) is 5.82 Å². The highest BCUT2D eigenvalue weighted by atomic mass is 19.3. The molecule has 0 aliphatic carbocycles. The molecule has 10 heteroatoms. The monoisotopic (exact) mass is 466 g/mol. The van der Waals surface area contributed by atoms with Crippen LogP contribution in [-0.2, 0) is 6.54 Å². The Balaban J connectivity index is 1.19. The largest absolute Gasteiger partial charge is 0.508 e. The summed E-state index contributed by atoms with van der Waals surface area (Å²) >= 11 is 0. The van der Waals surface area contributed by atoms with Crippen molar-refractivity contribution in [1.82, 2.24) is 24.8 Å². The van der Waals surface area contributed by atoms with Crippen LogP contribution in [0.4, 0.5) is 19.0 Å². The van der Waals surface area contributed by atoms with Crippen molar-refractivity contribution in [2.45, 2.75) is 31.5 Å². The molecule has 2 unspecified atom stereocenters. The number of phenols is 1. The van der Waals surface area contributed by atoms with Crippen LogP contribution in [0.1, 0.15) is 24.2 Å². The lowest BCUT2D eigenvalue weighted by molar-refractivity contribution is -0.00921. The highest BCUT2D eigenvalue weighted by Gasteiger charge is 2.44. The van der Waals surface area contributed by atoms with Crippen LogP contribution in [0, 0.1) is 5.82 Å². The number of hydrogen-bond acceptors (Lipinski definition) is 6. The van der Waals surface area contributed by atoms with Crippen molar-refractivity contribution in [3.8, 4) is 17.0 Å². The molecule has 7 nitrogen and oxygen atoms in total. The minimum absolute atomic E-state index is 0.108. The maximum absolute atomic E-state index is 13.6. The van der Waals surface area contributed by atoms with E-state index in [0.717, 1.165) is 25.3 Å². The van der Waals surface area contributed by atoms with E-state index >= 15 is 0 Å². The molecule has 0 saturated carbocycles. The number of H-pyrrole nitrogens is 1. The molecule has 4 aromatic rings. The number of nitrogens with one attached hydrogen (secondary N) is 1. The number of piperazine rings is 1. The van der Waals surface area contributed by atoms with Gasteiger partial charge in [-0.15, -0.1) is 0 Å². The number of hydrogen-bond donors (Lipinski definition) is 2. The van der Waals surface area contributed by atoms with Gasteiger partial charge >= 0.3 is 0 Å². The molecule has 3 aromatic heterocycles. The Hall–Kier alpha value is -3.66. The molecule has 3 fully saturated rings. The van der Waals surface area contributed by atoms with Crippen LogP contribution in [0.2, 0.25) is 0 Å². The van der Waals surface area contributed by atoms with Crippen LogP contribution >= 0.6 is 0 Å². The molecule has 2 bridgehead atoms. The fourth-order valence-electron chi connectivity index (χ4n) is 5.00. The summed E-state index contributed by atoms with van der Waals surface area (Å²) in [7, 11) is 0. The summed E-state index contributed by atoms with van der Waals surface area (Å²) in [6.07, 6.45) is 1.58. The number of rotatable bonds is 5. The van der Waals surface area contributed by atoms with Crippen molar-refractivity contribution >= 4 is 16.9 Å². The van der Waals surface area contributed by atoms with Crippen molar-refractivity contribution in [1.29, 1.82) is 0 Å². The zero-order valence-electron chi connectivity index (χ0n) is 18.0. The average molecular weight is 466 g/mol. The van der Waals surface area contributed by atoms with E-state index in [1.807, 2.05) is 12.1 Å². The summed E-state index contributed by atoms with van der Waals surface area (Å²) in [5.41, 5.74) is 2.02. The summed E-state index contributed by atoms with van der Waals surface area (Å²) in [5.74, 6) is 0.0390. The summed E-state index contributed by atoms with van der Waals surface area (Å²) in [5, 5.41) is 10.7. The molecular weight excluding hydrogens is 445 g/mol. The van der Waals surface area contributed by atoms with E-state index in [0.29, 0.717) is 34.4 Å². The predicted molar refractivity (Wildman–Crippen MR) is 120 cm³/mol. The minimum atomic E-state index is -2.77. The topological polar surface area (TPSA) is 81.2 Å². The first-order valence-electron chi connectivity index (χ1n) is 11.0. The number of aromatic amines is 1. The molecule has 1 aromatic carbocycles. The number of anilines is 1. The van der Waals surface area contributed by atoms with Gasteiger partial charge in [-0.25, -0.2) is 28.1 Å². The van der Waals surface area contributed by atoms with Crippen molar-refractivity contribution in [3.05, 3.63) is 66.0 Å². The van der Waals surface area contributed by atoms with Crippen LogP contribution in [0.25, 0.3) is 22.3 Å². The third-order valence-corrected chi connectivity index (χ3v) is 6.71. The van der Waals surface area contributed by atoms with Gasteiger partial charge < -0.3 is 15.0 Å². The van der Waals surface area contributed by atoms with Crippen LogP contribution in [0.15, 0.2) is 48.8 Å². The average Bonchev–Trinajstić information content (AvgIpc) is 3.33. The van der Waals surface area contributed by atoms with E-state index in [-0.39, 0.29) is 23.7 Å². The molecule has 174 valence electrons. The smallest absolute Gasteiger partial charge is 0.297 e. The molecule has 6 heterocycles. The number of halogens is 3. The third kappa shape index (κ3) is 3.54. The Morgan fingerprint density at radius 2 is 1.91 bits per heavy atom. The first-order chi connectivity index (χ1) is 16.5. The molecule has 3 saturated heterocycles. The molecule has 0 radical (unpaired) electrons. The molecule has 0 spiro atoms. The number of phenolic OH excluding ortho intramolecular Hbond substituents is 1. The second-order valence-electron chi connectivity index (χ2n) is 8.77. The van der Waals surface area contributed by atoms with Gasteiger partial charge in [-0.2, -0.15) is 0 Å². The molecular formula is C24H21F3N6O. The number of piperidine rings is 1. The Morgan fingerprint density at radius 3 is 2.65 bits per heavy atom. The lowest BCUT2D eigenvalue weighted by Crippen LogP contribution is -2.68. The summed E-state index contributed by atoms with van der Waals surface area (Å²) in [6, 6.07) is 10.1. The molecule has 2 atom stereocenters. The molecule has 2 N–H and O–H groups in total. The van der Waals surface area contributed by atoms with E-state index in [1.54, 1.807) is 18.5 Å². The lowest BCUT2D eigenvalue weighted by Gasteiger charge is -2.56. The number of aromatic hydroxyl groups is 1.